The third-order valence-electron chi connectivity index (χ3n) is 3.01. The lowest BCUT2D eigenvalue weighted by Crippen LogP contribution is -2.61. The van der Waals surface area contributed by atoms with Crippen molar-refractivity contribution in [2.24, 2.45) is 0 Å². The lowest BCUT2D eigenvalue weighted by atomic mass is 9.97. The molecule has 0 radical (unpaired) electrons. The number of thiazole rings is 1. The lowest BCUT2D eigenvalue weighted by molar-refractivity contribution is -0.146. The van der Waals surface area contributed by atoms with Crippen molar-refractivity contribution in [3.05, 3.63) is 28.5 Å². The summed E-state index contributed by atoms with van der Waals surface area (Å²) in [6, 6.07) is 0. The first-order valence-corrected chi connectivity index (χ1v) is 7.02. The summed E-state index contributed by atoms with van der Waals surface area (Å²) < 4.78 is 1.84. The second kappa shape index (κ2) is 4.33. The number of β-amino-alcohol motifs (C(OH)–C–C–N with tert-alkyl or cyclic N) is 1. The molecular formula is C12H12ClN3O2S. The van der Waals surface area contributed by atoms with Gasteiger partial charge in [-0.05, 0) is 13.0 Å². The average Bonchev–Trinajstić information content (AvgIpc) is 2.83. The molecule has 0 unspecified atom stereocenters. The van der Waals surface area contributed by atoms with Gasteiger partial charge in [0, 0.05) is 17.7 Å². The smallest absolute Gasteiger partial charge is 0.246 e. The Hall–Kier alpha value is -1.37. The van der Waals surface area contributed by atoms with Gasteiger partial charge < -0.3 is 10.0 Å². The zero-order chi connectivity index (χ0) is 13.6. The van der Waals surface area contributed by atoms with E-state index in [9.17, 15) is 9.90 Å². The summed E-state index contributed by atoms with van der Waals surface area (Å²) in [5.41, 5.74) is -0.0585. The summed E-state index contributed by atoms with van der Waals surface area (Å²) in [6.45, 7) is 2.44. The standard InChI is InChI=1S/C12H12ClN3O2S/c1-12(18)6-15(7-12)9(17)3-2-8-10(13)14-11-16(8)4-5-19-11/h2-5,18H,6-7H2,1H3. The van der Waals surface area contributed by atoms with Crippen LogP contribution in [-0.2, 0) is 4.79 Å². The third-order valence-corrected chi connectivity index (χ3v) is 4.05. The van der Waals surface area contributed by atoms with Crippen LogP contribution in [0, 0.1) is 0 Å². The van der Waals surface area contributed by atoms with Crippen molar-refractivity contribution < 1.29 is 9.90 Å². The molecule has 0 aromatic carbocycles. The second-order valence-corrected chi connectivity index (χ2v) is 6.10. The lowest BCUT2D eigenvalue weighted by Gasteiger charge is -2.43. The number of halogens is 1. The van der Waals surface area contributed by atoms with E-state index in [2.05, 4.69) is 4.98 Å². The molecule has 1 saturated heterocycles. The van der Waals surface area contributed by atoms with Gasteiger partial charge in [0.1, 0.15) is 0 Å². The van der Waals surface area contributed by atoms with E-state index in [-0.39, 0.29) is 5.91 Å². The molecule has 2 aromatic rings. The molecule has 1 amide bonds. The number of nitrogens with zero attached hydrogens (tertiary/aromatic N) is 3. The van der Waals surface area contributed by atoms with Crippen molar-refractivity contribution in [3.63, 3.8) is 0 Å². The van der Waals surface area contributed by atoms with Gasteiger partial charge in [0.25, 0.3) is 0 Å². The number of imidazole rings is 1. The monoisotopic (exact) mass is 297 g/mol. The van der Waals surface area contributed by atoms with Crippen molar-refractivity contribution in [1.29, 1.82) is 0 Å². The van der Waals surface area contributed by atoms with Crippen LogP contribution in [0.5, 0.6) is 0 Å². The number of aromatic nitrogens is 2. The summed E-state index contributed by atoms with van der Waals surface area (Å²) in [4.78, 5) is 18.4. The van der Waals surface area contributed by atoms with Crippen LogP contribution in [0.25, 0.3) is 11.0 Å². The number of aliphatic hydroxyl groups is 1. The van der Waals surface area contributed by atoms with Crippen LogP contribution in [0.15, 0.2) is 17.7 Å². The van der Waals surface area contributed by atoms with Gasteiger partial charge in [-0.3, -0.25) is 9.20 Å². The van der Waals surface area contributed by atoms with Crippen LogP contribution < -0.4 is 0 Å². The molecule has 0 atom stereocenters. The Kier molecular flexibility index (Phi) is 2.88. The molecular weight excluding hydrogens is 286 g/mol. The van der Waals surface area contributed by atoms with Crippen molar-refractivity contribution in [1.82, 2.24) is 14.3 Å². The highest BCUT2D eigenvalue weighted by atomic mass is 35.5. The highest BCUT2D eigenvalue weighted by Gasteiger charge is 2.38. The van der Waals surface area contributed by atoms with Crippen LogP contribution in [0.3, 0.4) is 0 Å². The molecule has 2 aromatic heterocycles. The molecule has 0 bridgehead atoms. The van der Waals surface area contributed by atoms with E-state index in [1.807, 2.05) is 16.0 Å². The van der Waals surface area contributed by atoms with E-state index in [1.54, 1.807) is 17.9 Å². The van der Waals surface area contributed by atoms with Crippen LogP contribution in [0.4, 0.5) is 0 Å². The van der Waals surface area contributed by atoms with Crippen molar-refractivity contribution in [2.75, 3.05) is 13.1 Å². The molecule has 3 rings (SSSR count). The van der Waals surface area contributed by atoms with E-state index in [0.29, 0.717) is 23.9 Å². The van der Waals surface area contributed by atoms with Crippen molar-refractivity contribution >= 4 is 39.9 Å². The number of carbonyl (C=O) groups excluding carboxylic acids is 1. The van der Waals surface area contributed by atoms with Gasteiger partial charge in [-0.15, -0.1) is 11.3 Å². The SMILES string of the molecule is CC1(O)CN(C(=O)C=Cc2c(Cl)nc3sccn23)C1. The molecule has 7 heteroatoms. The Morgan fingerprint density at radius 2 is 2.37 bits per heavy atom. The van der Waals surface area contributed by atoms with Crippen molar-refractivity contribution in [3.8, 4) is 0 Å². The van der Waals surface area contributed by atoms with Gasteiger partial charge in [0.05, 0.1) is 24.4 Å². The third kappa shape index (κ3) is 2.27. The molecule has 5 nitrogen and oxygen atoms in total. The summed E-state index contributed by atoms with van der Waals surface area (Å²) in [6.07, 6.45) is 4.98. The normalized spacial score (nSPS) is 18.2. The Morgan fingerprint density at radius 3 is 3.05 bits per heavy atom. The molecule has 0 spiro atoms. The molecule has 0 aliphatic carbocycles. The predicted molar refractivity (Wildman–Crippen MR) is 74.3 cm³/mol. The zero-order valence-electron chi connectivity index (χ0n) is 10.2. The first-order valence-electron chi connectivity index (χ1n) is 5.77. The summed E-state index contributed by atoms with van der Waals surface area (Å²) in [5, 5.41) is 11.9. The van der Waals surface area contributed by atoms with Gasteiger partial charge in [-0.1, -0.05) is 11.6 Å². The summed E-state index contributed by atoms with van der Waals surface area (Å²) >= 11 is 7.51. The van der Waals surface area contributed by atoms with Gasteiger partial charge in [0.15, 0.2) is 10.1 Å². The average molecular weight is 298 g/mol. The van der Waals surface area contributed by atoms with E-state index in [0.717, 1.165) is 4.96 Å². The highest BCUT2D eigenvalue weighted by Crippen LogP contribution is 2.23. The fourth-order valence-electron chi connectivity index (χ4n) is 2.11. The molecule has 1 N–H and O–H groups in total. The number of amides is 1. The number of hydrogen-bond acceptors (Lipinski definition) is 4. The largest absolute Gasteiger partial charge is 0.386 e. The first-order chi connectivity index (χ1) is 8.96. The van der Waals surface area contributed by atoms with Crippen molar-refractivity contribution in [2.45, 2.75) is 12.5 Å². The van der Waals surface area contributed by atoms with Crippen LogP contribution in [0.2, 0.25) is 5.15 Å². The number of hydrogen-bond donors (Lipinski definition) is 1. The zero-order valence-corrected chi connectivity index (χ0v) is 11.8. The van der Waals surface area contributed by atoms with E-state index < -0.39 is 5.60 Å². The molecule has 100 valence electrons. The second-order valence-electron chi connectivity index (χ2n) is 4.87. The van der Waals surface area contributed by atoms with Gasteiger partial charge in [0.2, 0.25) is 5.91 Å². The maximum atomic E-state index is 11.9. The predicted octanol–water partition coefficient (Wildman–Crippen LogP) is 1.66. The highest BCUT2D eigenvalue weighted by molar-refractivity contribution is 7.15. The Morgan fingerprint density at radius 1 is 1.63 bits per heavy atom. The van der Waals surface area contributed by atoms with Crippen LogP contribution >= 0.6 is 22.9 Å². The Labute approximate surface area is 118 Å². The first kappa shape index (κ1) is 12.7. The molecule has 19 heavy (non-hydrogen) atoms. The van der Waals surface area contributed by atoms with Crippen LogP contribution in [0.1, 0.15) is 12.6 Å². The molecule has 1 aliphatic rings. The van der Waals surface area contributed by atoms with Crippen LogP contribution in [-0.4, -0.2) is 44.0 Å². The number of fused-ring (bicyclic) bond motifs is 1. The minimum absolute atomic E-state index is 0.132. The maximum absolute atomic E-state index is 11.9. The van der Waals surface area contributed by atoms with E-state index >= 15 is 0 Å². The Bertz CT molecular complexity index is 666. The minimum atomic E-state index is -0.752. The Balaban J connectivity index is 1.77. The molecule has 0 saturated carbocycles. The minimum Gasteiger partial charge on any atom is -0.386 e. The topological polar surface area (TPSA) is 57.8 Å². The fourth-order valence-corrected chi connectivity index (χ4v) is 3.12. The quantitative estimate of drug-likeness (QED) is 0.858. The number of rotatable bonds is 2. The fraction of sp³-hybridized carbons (Fsp3) is 0.333. The van der Waals surface area contributed by atoms with Gasteiger partial charge in [-0.2, -0.15) is 0 Å². The van der Waals surface area contributed by atoms with Gasteiger partial charge in [-0.25, -0.2) is 4.98 Å². The van der Waals surface area contributed by atoms with E-state index in [1.165, 1.54) is 17.4 Å². The molecule has 1 aliphatic heterocycles. The molecule has 1 fully saturated rings. The summed E-state index contributed by atoms with van der Waals surface area (Å²) in [7, 11) is 0. The summed E-state index contributed by atoms with van der Waals surface area (Å²) in [5.74, 6) is -0.132. The number of likely N-dealkylation sites (tertiary alicyclic amines) is 1. The van der Waals surface area contributed by atoms with E-state index in [4.69, 9.17) is 11.6 Å². The molecule has 3 heterocycles. The van der Waals surface area contributed by atoms with Gasteiger partial charge >= 0.3 is 0 Å². The number of carbonyl (C=O) groups is 1. The maximum Gasteiger partial charge on any atom is 0.246 e.